The average molecular weight is 348 g/mol. The molecule has 0 aliphatic heterocycles. The lowest BCUT2D eigenvalue weighted by atomic mass is 10.2. The number of hydrogen-bond acceptors (Lipinski definition) is 5. The van der Waals surface area contributed by atoms with E-state index in [2.05, 4.69) is 10.0 Å². The number of carbonyl (C=O) groups excluding carboxylic acids is 1. The number of rotatable bonds is 6. The number of hydrogen-bond donors (Lipinski definition) is 2. The van der Waals surface area contributed by atoms with Crippen LogP contribution in [0.25, 0.3) is 0 Å². The zero-order valence-electron chi connectivity index (χ0n) is 12.9. The summed E-state index contributed by atoms with van der Waals surface area (Å²) in [5.74, 6) is -0.459. The third kappa shape index (κ3) is 4.52. The Balaban J connectivity index is 3.26. The first kappa shape index (κ1) is 18.6. The number of amides is 1. The van der Waals surface area contributed by atoms with Gasteiger partial charge in [-0.25, -0.2) is 21.6 Å². The minimum absolute atomic E-state index is 0.0362. The highest BCUT2D eigenvalue weighted by Gasteiger charge is 2.23. The second kappa shape index (κ2) is 6.76. The monoisotopic (exact) mass is 348 g/mol. The molecule has 1 amide bonds. The van der Waals surface area contributed by atoms with E-state index in [1.54, 1.807) is 13.8 Å². The zero-order chi connectivity index (χ0) is 17.1. The quantitative estimate of drug-likeness (QED) is 0.759. The smallest absolute Gasteiger partial charge is 0.241 e. The highest BCUT2D eigenvalue weighted by molar-refractivity contribution is 7.91. The number of benzene rings is 1. The third-order valence-corrected chi connectivity index (χ3v) is 5.69. The summed E-state index contributed by atoms with van der Waals surface area (Å²) in [5.41, 5.74) is 0.640. The van der Waals surface area contributed by atoms with Gasteiger partial charge in [0.1, 0.15) is 0 Å². The highest BCUT2D eigenvalue weighted by Crippen LogP contribution is 2.24. The average Bonchev–Trinajstić information content (AvgIpc) is 2.38. The van der Waals surface area contributed by atoms with Crippen LogP contribution in [-0.2, 0) is 24.7 Å². The maximum Gasteiger partial charge on any atom is 0.241 e. The number of nitrogens with one attached hydrogen (secondary N) is 2. The van der Waals surface area contributed by atoms with E-state index in [-0.39, 0.29) is 15.4 Å². The Morgan fingerprint density at radius 3 is 2.14 bits per heavy atom. The van der Waals surface area contributed by atoms with Gasteiger partial charge in [0.2, 0.25) is 15.9 Å². The Labute approximate surface area is 131 Å². The van der Waals surface area contributed by atoms with Crippen LogP contribution in [0.3, 0.4) is 0 Å². The minimum Gasteiger partial charge on any atom is -0.355 e. The minimum atomic E-state index is -3.98. The molecule has 0 aliphatic carbocycles. The van der Waals surface area contributed by atoms with Crippen LogP contribution in [0, 0.1) is 13.8 Å². The van der Waals surface area contributed by atoms with Gasteiger partial charge in [-0.1, -0.05) is 0 Å². The summed E-state index contributed by atoms with van der Waals surface area (Å²) in [7, 11) is -7.54. The molecule has 0 aliphatic rings. The Morgan fingerprint density at radius 2 is 1.64 bits per heavy atom. The first-order chi connectivity index (χ1) is 9.99. The molecule has 0 saturated heterocycles. The zero-order valence-corrected chi connectivity index (χ0v) is 14.6. The van der Waals surface area contributed by atoms with Gasteiger partial charge in [-0.3, -0.25) is 4.79 Å². The van der Waals surface area contributed by atoms with Crippen molar-refractivity contribution in [3.63, 3.8) is 0 Å². The van der Waals surface area contributed by atoms with Crippen LogP contribution in [0.1, 0.15) is 18.1 Å². The fourth-order valence-electron chi connectivity index (χ4n) is 1.96. The fourth-order valence-corrected chi connectivity index (χ4v) is 4.42. The molecule has 1 aromatic carbocycles. The van der Waals surface area contributed by atoms with Crippen molar-refractivity contribution in [3.8, 4) is 0 Å². The molecule has 0 heterocycles. The van der Waals surface area contributed by atoms with Gasteiger partial charge in [0.15, 0.2) is 9.84 Å². The van der Waals surface area contributed by atoms with E-state index >= 15 is 0 Å². The fraction of sp³-hybridized carbons (Fsp3) is 0.462. The summed E-state index contributed by atoms with van der Waals surface area (Å²) in [6.45, 7) is 4.74. The summed E-state index contributed by atoms with van der Waals surface area (Å²) in [4.78, 5) is 11.2. The molecule has 0 fully saturated rings. The van der Waals surface area contributed by atoms with Crippen molar-refractivity contribution in [2.75, 3.05) is 19.3 Å². The van der Waals surface area contributed by atoms with Crippen molar-refractivity contribution in [2.24, 2.45) is 0 Å². The van der Waals surface area contributed by atoms with Gasteiger partial charge >= 0.3 is 0 Å². The molecule has 7 nitrogen and oxygen atoms in total. The van der Waals surface area contributed by atoms with E-state index in [0.717, 1.165) is 6.26 Å². The summed E-state index contributed by atoms with van der Waals surface area (Å²) in [6, 6.07) is 2.80. The third-order valence-electron chi connectivity index (χ3n) is 2.94. The molecule has 124 valence electrons. The molecule has 0 atom stereocenters. The Bertz CT molecular complexity index is 783. The summed E-state index contributed by atoms with van der Waals surface area (Å²) >= 11 is 0. The van der Waals surface area contributed by atoms with E-state index < -0.39 is 32.3 Å². The number of likely N-dealkylation sites (N-methyl/N-ethyl adjacent to an activating group) is 1. The van der Waals surface area contributed by atoms with Crippen LogP contribution in [0.15, 0.2) is 21.9 Å². The molecule has 0 aromatic heterocycles. The predicted molar refractivity (Wildman–Crippen MR) is 82.9 cm³/mol. The molecular formula is C13H20N2O5S2. The van der Waals surface area contributed by atoms with Gasteiger partial charge in [-0.2, -0.15) is 0 Å². The van der Waals surface area contributed by atoms with Crippen LogP contribution >= 0.6 is 0 Å². The Kier molecular flexibility index (Phi) is 5.71. The summed E-state index contributed by atoms with van der Waals surface area (Å²) < 4.78 is 50.3. The molecular weight excluding hydrogens is 328 g/mol. The van der Waals surface area contributed by atoms with Crippen molar-refractivity contribution in [1.29, 1.82) is 0 Å². The number of carbonyl (C=O) groups is 1. The second-order valence-corrected chi connectivity index (χ2v) is 8.66. The van der Waals surface area contributed by atoms with E-state index in [9.17, 15) is 21.6 Å². The maximum absolute atomic E-state index is 12.3. The van der Waals surface area contributed by atoms with Crippen molar-refractivity contribution in [3.05, 3.63) is 23.3 Å². The molecule has 0 bridgehead atoms. The van der Waals surface area contributed by atoms with Gasteiger partial charge in [0.25, 0.3) is 0 Å². The molecule has 22 heavy (non-hydrogen) atoms. The predicted octanol–water partition coefficient (Wildman–Crippen LogP) is 0.121. The lowest BCUT2D eigenvalue weighted by Gasteiger charge is -2.13. The van der Waals surface area contributed by atoms with E-state index in [1.807, 2.05) is 0 Å². The van der Waals surface area contributed by atoms with Gasteiger partial charge in [-0.15, -0.1) is 0 Å². The standard InChI is InChI=1S/C13H20N2O5S2/c1-5-14-13(16)8-15-22(19,20)12-7-9(2)6-11(10(12)3)21(4,17)18/h6-7,15H,5,8H2,1-4H3,(H,14,16). The van der Waals surface area contributed by atoms with Crippen molar-refractivity contribution >= 4 is 25.8 Å². The second-order valence-electron chi connectivity index (χ2n) is 4.94. The van der Waals surface area contributed by atoms with Crippen molar-refractivity contribution < 1.29 is 21.6 Å². The molecule has 9 heteroatoms. The van der Waals surface area contributed by atoms with Gasteiger partial charge in [0.05, 0.1) is 16.3 Å². The van der Waals surface area contributed by atoms with Crippen molar-refractivity contribution in [2.45, 2.75) is 30.6 Å². The Hall–Kier alpha value is -1.45. The molecule has 0 unspecified atom stereocenters. The SMILES string of the molecule is CCNC(=O)CNS(=O)(=O)c1cc(C)cc(S(C)(=O)=O)c1C. The van der Waals surface area contributed by atoms with Crippen LogP contribution in [0.2, 0.25) is 0 Å². The number of sulfone groups is 1. The van der Waals surface area contributed by atoms with Crippen LogP contribution in [0.5, 0.6) is 0 Å². The molecule has 0 spiro atoms. The number of aryl methyl sites for hydroxylation is 1. The van der Waals surface area contributed by atoms with E-state index in [1.165, 1.54) is 19.1 Å². The van der Waals surface area contributed by atoms with E-state index in [0.29, 0.717) is 12.1 Å². The van der Waals surface area contributed by atoms with Crippen LogP contribution in [0.4, 0.5) is 0 Å². The topological polar surface area (TPSA) is 109 Å². The van der Waals surface area contributed by atoms with Gasteiger partial charge in [0, 0.05) is 12.8 Å². The molecule has 0 radical (unpaired) electrons. The van der Waals surface area contributed by atoms with Gasteiger partial charge in [-0.05, 0) is 44.0 Å². The van der Waals surface area contributed by atoms with E-state index in [4.69, 9.17) is 0 Å². The Morgan fingerprint density at radius 1 is 1.09 bits per heavy atom. The lowest BCUT2D eigenvalue weighted by molar-refractivity contribution is -0.119. The molecule has 0 saturated carbocycles. The lowest BCUT2D eigenvalue weighted by Crippen LogP contribution is -2.37. The summed E-state index contributed by atoms with van der Waals surface area (Å²) in [5, 5.41) is 2.47. The van der Waals surface area contributed by atoms with Gasteiger partial charge < -0.3 is 5.32 Å². The molecule has 1 rings (SSSR count). The highest BCUT2D eigenvalue weighted by atomic mass is 32.2. The first-order valence-corrected chi connectivity index (χ1v) is 9.94. The van der Waals surface area contributed by atoms with Crippen LogP contribution in [-0.4, -0.2) is 42.1 Å². The molecule has 2 N–H and O–H groups in total. The molecule has 1 aromatic rings. The first-order valence-electron chi connectivity index (χ1n) is 6.56. The van der Waals surface area contributed by atoms with Crippen molar-refractivity contribution in [1.82, 2.24) is 10.0 Å². The number of sulfonamides is 1. The maximum atomic E-state index is 12.3. The normalized spacial score (nSPS) is 12.2. The summed E-state index contributed by atoms with van der Waals surface area (Å²) in [6.07, 6.45) is 1.02. The largest absolute Gasteiger partial charge is 0.355 e. The van der Waals surface area contributed by atoms with Crippen LogP contribution < -0.4 is 10.0 Å².